The van der Waals surface area contributed by atoms with Crippen LogP contribution in [-0.4, -0.2) is 11.5 Å². The Bertz CT molecular complexity index is 565. The molecule has 1 saturated carbocycles. The predicted molar refractivity (Wildman–Crippen MR) is 82.7 cm³/mol. The van der Waals surface area contributed by atoms with Gasteiger partial charge in [0.15, 0.2) is 0 Å². The molecule has 0 amide bonds. The molecule has 3 rings (SSSR count). The second kappa shape index (κ2) is 5.76. The molecule has 2 nitrogen and oxygen atoms in total. The van der Waals surface area contributed by atoms with Crippen molar-refractivity contribution in [3.05, 3.63) is 65.5 Å². The lowest BCUT2D eigenvalue weighted by Crippen LogP contribution is -2.24. The maximum atomic E-state index is 4.72. The molecule has 1 fully saturated rings. The summed E-state index contributed by atoms with van der Waals surface area (Å²) in [5.41, 5.74) is 3.76. The molecular weight excluding hydrogens is 244 g/mol. The molecule has 0 radical (unpaired) electrons. The quantitative estimate of drug-likeness (QED) is 0.889. The van der Waals surface area contributed by atoms with Gasteiger partial charge in [-0.15, -0.1) is 0 Å². The summed E-state index contributed by atoms with van der Waals surface area (Å²) in [6.07, 6.45) is 1.26. The number of pyridine rings is 1. The van der Waals surface area contributed by atoms with E-state index in [4.69, 9.17) is 4.98 Å². The van der Waals surface area contributed by atoms with E-state index in [1.165, 1.54) is 17.7 Å². The van der Waals surface area contributed by atoms with Crippen LogP contribution in [0.2, 0.25) is 0 Å². The van der Waals surface area contributed by atoms with Crippen LogP contribution in [0.1, 0.15) is 42.3 Å². The van der Waals surface area contributed by atoms with Crippen molar-refractivity contribution in [2.24, 2.45) is 5.92 Å². The molecule has 2 heteroatoms. The van der Waals surface area contributed by atoms with Gasteiger partial charge in [0.1, 0.15) is 0 Å². The summed E-state index contributed by atoms with van der Waals surface area (Å²) in [5.74, 6) is 1.36. The van der Waals surface area contributed by atoms with E-state index in [1.807, 2.05) is 0 Å². The molecule has 104 valence electrons. The Labute approximate surface area is 121 Å². The number of rotatable bonds is 5. The first-order chi connectivity index (χ1) is 9.79. The highest BCUT2D eigenvalue weighted by Crippen LogP contribution is 2.53. The number of hydrogen-bond donors (Lipinski definition) is 1. The van der Waals surface area contributed by atoms with Crippen LogP contribution >= 0.6 is 0 Å². The molecule has 3 unspecified atom stereocenters. The van der Waals surface area contributed by atoms with Gasteiger partial charge in [0.25, 0.3) is 0 Å². The van der Waals surface area contributed by atoms with E-state index in [9.17, 15) is 0 Å². The van der Waals surface area contributed by atoms with Crippen molar-refractivity contribution in [3.8, 4) is 0 Å². The highest BCUT2D eigenvalue weighted by atomic mass is 15.0. The second-order valence-electron chi connectivity index (χ2n) is 5.66. The summed E-state index contributed by atoms with van der Waals surface area (Å²) < 4.78 is 0. The molecule has 0 bridgehead atoms. The van der Waals surface area contributed by atoms with Crippen LogP contribution in [0.5, 0.6) is 0 Å². The third-order valence-corrected chi connectivity index (χ3v) is 4.15. The van der Waals surface area contributed by atoms with Crippen LogP contribution < -0.4 is 5.32 Å². The van der Waals surface area contributed by atoms with Crippen molar-refractivity contribution in [2.45, 2.75) is 32.2 Å². The van der Waals surface area contributed by atoms with Crippen molar-refractivity contribution in [2.75, 3.05) is 6.54 Å². The Hall–Kier alpha value is -1.67. The van der Waals surface area contributed by atoms with E-state index < -0.39 is 0 Å². The van der Waals surface area contributed by atoms with Gasteiger partial charge in [0.05, 0.1) is 11.7 Å². The fraction of sp³-hybridized carbons (Fsp3) is 0.389. The van der Waals surface area contributed by atoms with E-state index in [2.05, 4.69) is 67.7 Å². The van der Waals surface area contributed by atoms with E-state index >= 15 is 0 Å². The minimum absolute atomic E-state index is 0.380. The fourth-order valence-corrected chi connectivity index (χ4v) is 3.10. The third kappa shape index (κ3) is 2.75. The highest BCUT2D eigenvalue weighted by Gasteiger charge is 2.44. The van der Waals surface area contributed by atoms with Gasteiger partial charge in [0.2, 0.25) is 0 Å². The molecule has 2 aromatic rings. The Morgan fingerprint density at radius 3 is 2.65 bits per heavy atom. The summed E-state index contributed by atoms with van der Waals surface area (Å²) in [6, 6.07) is 17.6. The lowest BCUT2D eigenvalue weighted by molar-refractivity contribution is 0.475. The minimum Gasteiger partial charge on any atom is -0.309 e. The highest BCUT2D eigenvalue weighted by molar-refractivity contribution is 5.29. The van der Waals surface area contributed by atoms with E-state index in [0.717, 1.165) is 12.2 Å². The van der Waals surface area contributed by atoms with Crippen LogP contribution in [0.15, 0.2) is 48.5 Å². The maximum absolute atomic E-state index is 4.72. The Morgan fingerprint density at radius 1 is 1.15 bits per heavy atom. The number of nitrogens with one attached hydrogen (secondary N) is 1. The lowest BCUT2D eigenvalue weighted by atomic mass is 10.0. The zero-order valence-corrected chi connectivity index (χ0v) is 12.2. The molecule has 1 aliphatic rings. The number of aromatic nitrogens is 1. The molecule has 20 heavy (non-hydrogen) atoms. The van der Waals surface area contributed by atoms with Crippen molar-refractivity contribution in [1.29, 1.82) is 0 Å². The summed E-state index contributed by atoms with van der Waals surface area (Å²) in [4.78, 5) is 4.72. The Balaban J connectivity index is 1.80. The predicted octanol–water partition coefficient (Wildman–Crippen LogP) is 3.84. The van der Waals surface area contributed by atoms with E-state index in [-0.39, 0.29) is 0 Å². The Kier molecular flexibility index (Phi) is 3.83. The molecule has 1 heterocycles. The molecule has 3 atom stereocenters. The zero-order chi connectivity index (χ0) is 13.9. The van der Waals surface area contributed by atoms with Gasteiger partial charge in [-0.05, 0) is 49.4 Å². The fourth-order valence-electron chi connectivity index (χ4n) is 3.10. The summed E-state index contributed by atoms with van der Waals surface area (Å²) >= 11 is 0. The van der Waals surface area contributed by atoms with Gasteiger partial charge in [-0.25, -0.2) is 0 Å². The first kappa shape index (κ1) is 13.3. The van der Waals surface area contributed by atoms with Crippen molar-refractivity contribution >= 4 is 0 Å². The summed E-state index contributed by atoms with van der Waals surface area (Å²) in [6.45, 7) is 5.22. The number of aryl methyl sites for hydroxylation is 1. The number of hydrogen-bond acceptors (Lipinski definition) is 2. The van der Waals surface area contributed by atoms with Gasteiger partial charge >= 0.3 is 0 Å². The molecule has 1 aliphatic carbocycles. The topological polar surface area (TPSA) is 24.9 Å². The van der Waals surface area contributed by atoms with Crippen molar-refractivity contribution < 1.29 is 0 Å². The lowest BCUT2D eigenvalue weighted by Gasteiger charge is -2.18. The van der Waals surface area contributed by atoms with Gasteiger partial charge in [-0.2, -0.15) is 0 Å². The van der Waals surface area contributed by atoms with Crippen LogP contribution in [0.3, 0.4) is 0 Å². The van der Waals surface area contributed by atoms with E-state index in [1.54, 1.807) is 0 Å². The number of nitrogens with zero attached hydrogens (tertiary/aromatic N) is 1. The molecular formula is C18H22N2. The molecule has 1 aromatic carbocycles. The smallest absolute Gasteiger partial charge is 0.0579 e. The largest absolute Gasteiger partial charge is 0.309 e. The summed E-state index contributed by atoms with van der Waals surface area (Å²) in [5, 5.41) is 3.63. The zero-order valence-electron chi connectivity index (χ0n) is 12.2. The van der Waals surface area contributed by atoms with Crippen LogP contribution in [-0.2, 0) is 0 Å². The first-order valence-corrected chi connectivity index (χ1v) is 7.51. The number of benzene rings is 1. The molecule has 0 saturated heterocycles. The van der Waals surface area contributed by atoms with Crippen LogP contribution in [0.25, 0.3) is 0 Å². The normalized spacial score (nSPS) is 22.5. The second-order valence-corrected chi connectivity index (χ2v) is 5.66. The van der Waals surface area contributed by atoms with Gasteiger partial charge in [-0.3, -0.25) is 4.98 Å². The SMILES string of the molecule is CCNC(c1cccc(C)n1)C1CC1c1ccccc1. The van der Waals surface area contributed by atoms with Crippen LogP contribution in [0.4, 0.5) is 0 Å². The molecule has 1 N–H and O–H groups in total. The van der Waals surface area contributed by atoms with Gasteiger partial charge in [0, 0.05) is 5.69 Å². The Morgan fingerprint density at radius 2 is 1.95 bits per heavy atom. The minimum atomic E-state index is 0.380. The van der Waals surface area contributed by atoms with Crippen molar-refractivity contribution in [1.82, 2.24) is 10.3 Å². The monoisotopic (exact) mass is 266 g/mol. The van der Waals surface area contributed by atoms with E-state index in [0.29, 0.717) is 17.9 Å². The van der Waals surface area contributed by atoms with Crippen molar-refractivity contribution in [3.63, 3.8) is 0 Å². The maximum Gasteiger partial charge on any atom is 0.0579 e. The first-order valence-electron chi connectivity index (χ1n) is 7.51. The van der Waals surface area contributed by atoms with Gasteiger partial charge < -0.3 is 5.32 Å². The van der Waals surface area contributed by atoms with Crippen LogP contribution in [0, 0.1) is 12.8 Å². The molecule has 0 aliphatic heterocycles. The molecule has 1 aromatic heterocycles. The molecule has 0 spiro atoms. The summed E-state index contributed by atoms with van der Waals surface area (Å²) in [7, 11) is 0. The third-order valence-electron chi connectivity index (χ3n) is 4.15. The average molecular weight is 266 g/mol. The standard InChI is InChI=1S/C18H22N2/c1-3-19-18(17-11-7-8-13(2)20-17)16-12-15(16)14-9-5-4-6-10-14/h4-11,15-16,18-19H,3,12H2,1-2H3. The average Bonchev–Trinajstić information content (AvgIpc) is 3.26. The van der Waals surface area contributed by atoms with Gasteiger partial charge in [-0.1, -0.05) is 43.3 Å².